The number of H-pyrrole nitrogens is 1. The Hall–Kier alpha value is -3.46. The van der Waals surface area contributed by atoms with Crippen molar-refractivity contribution in [2.75, 3.05) is 25.6 Å². The predicted molar refractivity (Wildman–Crippen MR) is 129 cm³/mol. The van der Waals surface area contributed by atoms with E-state index in [4.69, 9.17) is 19.2 Å². The number of methoxy groups -OCH3 is 1. The second-order valence-corrected chi connectivity index (χ2v) is 8.80. The van der Waals surface area contributed by atoms with E-state index in [1.807, 2.05) is 30.3 Å². The third-order valence-electron chi connectivity index (χ3n) is 6.76. The lowest BCUT2D eigenvalue weighted by Crippen LogP contribution is -2.91. The van der Waals surface area contributed by atoms with Crippen LogP contribution in [0.2, 0.25) is 0 Å². The summed E-state index contributed by atoms with van der Waals surface area (Å²) in [7, 11) is 1.66. The third-order valence-corrected chi connectivity index (χ3v) is 6.76. The van der Waals surface area contributed by atoms with Crippen molar-refractivity contribution in [1.82, 2.24) is 15.0 Å². The normalized spacial score (nSPS) is 23.8. The topological polar surface area (TPSA) is 97.9 Å². The van der Waals surface area contributed by atoms with Gasteiger partial charge in [-0.3, -0.25) is 0 Å². The van der Waals surface area contributed by atoms with Gasteiger partial charge in [0, 0.05) is 34.4 Å². The molecule has 4 aromatic rings. The molecule has 0 spiro atoms. The van der Waals surface area contributed by atoms with Crippen LogP contribution in [0, 0.1) is 0 Å². The molecular weight excluding hydrogens is 430 g/mol. The number of rotatable bonds is 7. The zero-order valence-corrected chi connectivity index (χ0v) is 19.0. The molecular formula is C26H28N5O3+. The van der Waals surface area contributed by atoms with Crippen molar-refractivity contribution in [1.29, 1.82) is 0 Å². The highest BCUT2D eigenvalue weighted by Gasteiger charge is 2.50. The van der Waals surface area contributed by atoms with E-state index in [0.717, 1.165) is 23.6 Å². The van der Waals surface area contributed by atoms with Crippen LogP contribution in [0.4, 0.5) is 5.95 Å². The summed E-state index contributed by atoms with van der Waals surface area (Å²) in [5.41, 5.74) is 4.34. The smallest absolute Gasteiger partial charge is 0.223 e. The number of anilines is 1. The molecule has 0 amide bonds. The van der Waals surface area contributed by atoms with Gasteiger partial charge in [-0.25, -0.2) is 9.97 Å². The number of ether oxygens (including phenoxy) is 3. The number of para-hydroxylation sites is 1. The molecule has 8 nitrogen and oxygen atoms in total. The Morgan fingerprint density at radius 2 is 1.91 bits per heavy atom. The van der Waals surface area contributed by atoms with Gasteiger partial charge in [0.25, 0.3) is 0 Å². The maximum atomic E-state index is 6.18. The van der Waals surface area contributed by atoms with Crippen molar-refractivity contribution in [3.8, 4) is 17.0 Å². The maximum Gasteiger partial charge on any atom is 0.223 e. The van der Waals surface area contributed by atoms with Crippen LogP contribution in [0.1, 0.15) is 5.56 Å². The van der Waals surface area contributed by atoms with Crippen LogP contribution in [0.5, 0.6) is 5.75 Å². The average Bonchev–Trinajstić information content (AvgIpc) is 3.59. The number of nitrogens with two attached hydrogens (primary N) is 1. The maximum absolute atomic E-state index is 6.18. The zero-order valence-electron chi connectivity index (χ0n) is 19.0. The van der Waals surface area contributed by atoms with Crippen molar-refractivity contribution < 1.29 is 19.5 Å². The lowest BCUT2D eigenvalue weighted by Gasteiger charge is -2.17. The van der Waals surface area contributed by atoms with E-state index in [9.17, 15) is 0 Å². The van der Waals surface area contributed by atoms with Crippen LogP contribution in [0.15, 0.2) is 67.0 Å². The Morgan fingerprint density at radius 1 is 1.06 bits per heavy atom. The number of quaternary nitrogens is 1. The molecule has 2 aliphatic rings. The molecule has 2 fully saturated rings. The molecule has 34 heavy (non-hydrogen) atoms. The quantitative estimate of drug-likeness (QED) is 0.393. The van der Waals surface area contributed by atoms with Gasteiger partial charge in [-0.15, -0.1) is 0 Å². The molecule has 174 valence electrons. The molecule has 4 heterocycles. The fraction of sp³-hybridized carbons (Fsp3) is 0.308. The first-order valence-electron chi connectivity index (χ1n) is 11.6. The summed E-state index contributed by atoms with van der Waals surface area (Å²) < 4.78 is 17.6. The summed E-state index contributed by atoms with van der Waals surface area (Å²) in [4.78, 5) is 12.5. The summed E-state index contributed by atoms with van der Waals surface area (Å²) in [6.07, 6.45) is 3.90. The van der Waals surface area contributed by atoms with Gasteiger partial charge in [0.2, 0.25) is 5.95 Å². The highest BCUT2D eigenvalue weighted by atomic mass is 16.6. The molecule has 2 aromatic heterocycles. The summed E-state index contributed by atoms with van der Waals surface area (Å²) in [5.74, 6) is 1.40. The van der Waals surface area contributed by atoms with E-state index < -0.39 is 0 Å². The van der Waals surface area contributed by atoms with Crippen LogP contribution < -0.4 is 15.4 Å². The number of aromatic amines is 1. The Labute approximate surface area is 197 Å². The van der Waals surface area contributed by atoms with Crippen molar-refractivity contribution in [3.05, 3.63) is 72.6 Å². The van der Waals surface area contributed by atoms with Gasteiger partial charge >= 0.3 is 0 Å². The monoisotopic (exact) mass is 458 g/mol. The van der Waals surface area contributed by atoms with Crippen molar-refractivity contribution in [3.63, 3.8) is 0 Å². The van der Waals surface area contributed by atoms with Gasteiger partial charge < -0.3 is 29.8 Å². The standard InChI is InChI=1S/C26H27N5O3/c1-32-18-8-6-16(7-9-18)20-10-11-27-26(30-20)31-23-15-34-24-22(14-33-25(23)24)29-13-17-12-28-21-5-3-2-4-19(17)21/h2-12,22-25,28-29H,13-15H2,1H3,(H,27,30,31)/p+1/t22-,23-,24+,25+/m0/s1. The van der Waals surface area contributed by atoms with E-state index >= 15 is 0 Å². The second kappa shape index (κ2) is 9.06. The fourth-order valence-corrected chi connectivity index (χ4v) is 4.95. The summed E-state index contributed by atoms with van der Waals surface area (Å²) in [6, 6.07) is 18.4. The average molecular weight is 459 g/mol. The minimum Gasteiger partial charge on any atom is -0.497 e. The Balaban J connectivity index is 1.10. The fourth-order valence-electron chi connectivity index (χ4n) is 4.95. The molecule has 4 atom stereocenters. The van der Waals surface area contributed by atoms with Gasteiger partial charge in [0.05, 0.1) is 25.5 Å². The van der Waals surface area contributed by atoms with Crippen LogP contribution in [0.25, 0.3) is 22.2 Å². The summed E-state index contributed by atoms with van der Waals surface area (Å²) in [6.45, 7) is 2.13. The van der Waals surface area contributed by atoms with Crippen molar-refractivity contribution in [2.24, 2.45) is 0 Å². The van der Waals surface area contributed by atoms with Gasteiger partial charge in [0.15, 0.2) is 0 Å². The van der Waals surface area contributed by atoms with Gasteiger partial charge in [-0.2, -0.15) is 0 Å². The molecule has 2 aromatic carbocycles. The molecule has 0 bridgehead atoms. The number of nitrogens with one attached hydrogen (secondary N) is 2. The van der Waals surface area contributed by atoms with Crippen LogP contribution >= 0.6 is 0 Å². The van der Waals surface area contributed by atoms with Gasteiger partial charge in [-0.05, 0) is 36.4 Å². The lowest BCUT2D eigenvalue weighted by atomic mass is 10.1. The molecule has 2 saturated heterocycles. The third kappa shape index (κ3) is 4.00. The molecule has 0 radical (unpaired) electrons. The van der Waals surface area contributed by atoms with Crippen LogP contribution in [-0.4, -0.2) is 59.6 Å². The molecule has 4 N–H and O–H groups in total. The van der Waals surface area contributed by atoms with E-state index in [-0.39, 0.29) is 24.3 Å². The van der Waals surface area contributed by atoms with Crippen molar-refractivity contribution in [2.45, 2.75) is 30.8 Å². The first-order chi connectivity index (χ1) is 16.8. The van der Waals surface area contributed by atoms with E-state index in [0.29, 0.717) is 19.2 Å². The minimum atomic E-state index is -0.0162. The van der Waals surface area contributed by atoms with E-state index in [2.05, 4.69) is 51.1 Å². The second-order valence-electron chi connectivity index (χ2n) is 8.80. The molecule has 0 unspecified atom stereocenters. The number of nitrogens with zero attached hydrogens (tertiary/aromatic N) is 2. The Bertz CT molecular complexity index is 1270. The minimum absolute atomic E-state index is 0.0162. The van der Waals surface area contributed by atoms with Crippen LogP contribution in [-0.2, 0) is 16.0 Å². The molecule has 8 heteroatoms. The summed E-state index contributed by atoms with van der Waals surface area (Å²) >= 11 is 0. The lowest BCUT2D eigenvalue weighted by molar-refractivity contribution is -0.707. The predicted octanol–water partition coefficient (Wildman–Crippen LogP) is 2.34. The number of hydrogen-bond donors (Lipinski definition) is 3. The van der Waals surface area contributed by atoms with Crippen molar-refractivity contribution >= 4 is 16.9 Å². The molecule has 0 aliphatic carbocycles. The first-order valence-corrected chi connectivity index (χ1v) is 11.6. The van der Waals surface area contributed by atoms with Gasteiger partial charge in [-0.1, -0.05) is 18.2 Å². The number of hydrogen-bond acceptors (Lipinski definition) is 6. The first kappa shape index (κ1) is 21.1. The number of benzene rings is 2. The van der Waals surface area contributed by atoms with E-state index in [1.54, 1.807) is 13.3 Å². The molecule has 0 saturated carbocycles. The molecule has 6 rings (SSSR count). The summed E-state index contributed by atoms with van der Waals surface area (Å²) in [5, 5.41) is 7.05. The SMILES string of the molecule is COc1ccc(-c2ccnc(N[C@H]3CO[C@H]4[C@@H]3OC[C@@H]4[NH2+]Cc3c[nH]c4ccccc34)n2)cc1. The highest BCUT2D eigenvalue weighted by Crippen LogP contribution is 2.28. The zero-order chi connectivity index (χ0) is 22.9. The van der Waals surface area contributed by atoms with Gasteiger partial charge in [0.1, 0.15) is 37.2 Å². The largest absolute Gasteiger partial charge is 0.497 e. The molecule has 2 aliphatic heterocycles. The van der Waals surface area contributed by atoms with E-state index in [1.165, 1.54) is 16.5 Å². The number of aromatic nitrogens is 3. The number of fused-ring (bicyclic) bond motifs is 2. The highest BCUT2D eigenvalue weighted by molar-refractivity contribution is 5.82. The Kier molecular flexibility index (Phi) is 5.62. The van der Waals surface area contributed by atoms with Crippen LogP contribution in [0.3, 0.4) is 0 Å². The Morgan fingerprint density at radius 3 is 2.79 bits per heavy atom.